The van der Waals surface area contributed by atoms with Crippen molar-refractivity contribution < 1.29 is 19.1 Å². The van der Waals surface area contributed by atoms with Crippen LogP contribution < -0.4 is 5.32 Å². The Balaban J connectivity index is 2.81. The number of halogens is 1. The molecule has 0 unspecified atom stereocenters. The Bertz CT molecular complexity index is 433. The lowest BCUT2D eigenvalue weighted by Crippen LogP contribution is -2.15. The molecule has 0 heterocycles. The number of ether oxygens (including phenoxy) is 2. The van der Waals surface area contributed by atoms with Gasteiger partial charge >= 0.3 is 11.9 Å². The molecule has 0 saturated carbocycles. The number of hydrogen-bond acceptors (Lipinski definition) is 5. The van der Waals surface area contributed by atoms with Gasteiger partial charge in [-0.3, -0.25) is 4.79 Å². The fraction of sp³-hybridized carbons (Fsp3) is 0.273. The minimum absolute atomic E-state index is 0.0126. The highest BCUT2D eigenvalue weighted by Crippen LogP contribution is 2.21. The Kier molecular flexibility index (Phi) is 4.78. The number of anilines is 1. The number of carbonyl (C=O) groups excluding carboxylic acids is 2. The van der Waals surface area contributed by atoms with Crippen molar-refractivity contribution in [3.63, 3.8) is 0 Å². The molecule has 0 aliphatic carbocycles. The van der Waals surface area contributed by atoms with Crippen molar-refractivity contribution >= 4 is 29.2 Å². The highest BCUT2D eigenvalue weighted by molar-refractivity contribution is 6.33. The molecule has 1 aromatic rings. The van der Waals surface area contributed by atoms with Crippen molar-refractivity contribution in [2.24, 2.45) is 0 Å². The minimum Gasteiger partial charge on any atom is -0.468 e. The molecule has 0 spiro atoms. The predicted octanol–water partition coefficient (Wildman–Crippen LogP) is 1.71. The first-order valence-corrected chi connectivity index (χ1v) is 5.15. The molecular formula is C11H12ClNO4. The van der Waals surface area contributed by atoms with Crippen LogP contribution in [0.1, 0.15) is 10.4 Å². The Morgan fingerprint density at radius 1 is 1.29 bits per heavy atom. The average Bonchev–Trinajstić information content (AvgIpc) is 2.36. The number of hydrogen-bond donors (Lipinski definition) is 1. The van der Waals surface area contributed by atoms with E-state index in [1.165, 1.54) is 20.3 Å². The molecule has 0 aromatic heterocycles. The average molecular weight is 258 g/mol. The molecule has 6 heteroatoms. The second kappa shape index (κ2) is 6.10. The van der Waals surface area contributed by atoms with Gasteiger partial charge in [0.25, 0.3) is 0 Å². The van der Waals surface area contributed by atoms with E-state index >= 15 is 0 Å². The van der Waals surface area contributed by atoms with Crippen LogP contribution in [-0.4, -0.2) is 32.7 Å². The molecule has 0 aliphatic rings. The standard InChI is InChI=1S/C11H12ClNO4/c1-16-10(14)6-13-7-3-4-9(12)8(5-7)11(15)17-2/h3-5,13H,6H2,1-2H3. The van der Waals surface area contributed by atoms with E-state index in [2.05, 4.69) is 14.8 Å². The molecule has 0 aliphatic heterocycles. The number of nitrogens with one attached hydrogen (secondary N) is 1. The van der Waals surface area contributed by atoms with Crippen LogP contribution in [0.25, 0.3) is 0 Å². The van der Waals surface area contributed by atoms with Gasteiger partial charge in [0.1, 0.15) is 6.54 Å². The topological polar surface area (TPSA) is 64.6 Å². The molecule has 0 fully saturated rings. The first-order chi connectivity index (χ1) is 8.08. The van der Waals surface area contributed by atoms with Crippen LogP contribution >= 0.6 is 11.6 Å². The van der Waals surface area contributed by atoms with E-state index in [4.69, 9.17) is 11.6 Å². The number of benzene rings is 1. The second-order valence-electron chi connectivity index (χ2n) is 3.12. The Morgan fingerprint density at radius 3 is 2.59 bits per heavy atom. The third-order valence-electron chi connectivity index (χ3n) is 2.04. The molecule has 1 aromatic carbocycles. The van der Waals surface area contributed by atoms with Gasteiger partial charge in [0.15, 0.2) is 0 Å². The summed E-state index contributed by atoms with van der Waals surface area (Å²) in [7, 11) is 2.57. The summed E-state index contributed by atoms with van der Waals surface area (Å²) in [6.45, 7) is 0.0126. The van der Waals surface area contributed by atoms with Crippen LogP contribution in [0.3, 0.4) is 0 Å². The zero-order valence-electron chi connectivity index (χ0n) is 9.45. The largest absolute Gasteiger partial charge is 0.468 e. The van der Waals surface area contributed by atoms with Crippen molar-refractivity contribution in [2.75, 3.05) is 26.1 Å². The van der Waals surface area contributed by atoms with Gasteiger partial charge in [0, 0.05) is 5.69 Å². The molecule has 0 bridgehead atoms. The third-order valence-corrected chi connectivity index (χ3v) is 2.37. The lowest BCUT2D eigenvalue weighted by atomic mass is 10.2. The lowest BCUT2D eigenvalue weighted by Gasteiger charge is -2.08. The molecule has 17 heavy (non-hydrogen) atoms. The molecule has 0 radical (unpaired) electrons. The summed E-state index contributed by atoms with van der Waals surface area (Å²) in [6.07, 6.45) is 0. The number of esters is 2. The van der Waals surface area contributed by atoms with Crippen LogP contribution in [0.5, 0.6) is 0 Å². The van der Waals surface area contributed by atoms with Crippen molar-refractivity contribution in [3.05, 3.63) is 28.8 Å². The van der Waals surface area contributed by atoms with Gasteiger partial charge in [-0.05, 0) is 18.2 Å². The van der Waals surface area contributed by atoms with E-state index in [0.29, 0.717) is 10.7 Å². The van der Waals surface area contributed by atoms with Crippen molar-refractivity contribution in [2.45, 2.75) is 0 Å². The zero-order valence-corrected chi connectivity index (χ0v) is 10.2. The van der Waals surface area contributed by atoms with E-state index in [9.17, 15) is 9.59 Å². The van der Waals surface area contributed by atoms with Gasteiger partial charge < -0.3 is 14.8 Å². The molecule has 92 valence electrons. The van der Waals surface area contributed by atoms with Crippen LogP contribution in [0.4, 0.5) is 5.69 Å². The third kappa shape index (κ3) is 3.64. The number of methoxy groups -OCH3 is 2. The quantitative estimate of drug-likeness (QED) is 0.832. The van der Waals surface area contributed by atoms with Gasteiger partial charge in [0.05, 0.1) is 24.8 Å². The summed E-state index contributed by atoms with van der Waals surface area (Å²) < 4.78 is 9.05. The van der Waals surface area contributed by atoms with Crippen LogP contribution in [0.15, 0.2) is 18.2 Å². The minimum atomic E-state index is -0.531. The molecular weight excluding hydrogens is 246 g/mol. The maximum atomic E-state index is 11.4. The van der Waals surface area contributed by atoms with Crippen LogP contribution in [0, 0.1) is 0 Å². The van der Waals surface area contributed by atoms with Gasteiger partial charge in [-0.1, -0.05) is 11.6 Å². The Hall–Kier alpha value is -1.75. The Labute approximate surface area is 104 Å². The Morgan fingerprint density at radius 2 is 2.00 bits per heavy atom. The fourth-order valence-electron chi connectivity index (χ4n) is 1.15. The number of carbonyl (C=O) groups is 2. The molecule has 0 amide bonds. The van der Waals surface area contributed by atoms with Gasteiger partial charge in [0.2, 0.25) is 0 Å². The van der Waals surface area contributed by atoms with Gasteiger partial charge in [-0.2, -0.15) is 0 Å². The molecule has 0 saturated heterocycles. The highest BCUT2D eigenvalue weighted by atomic mass is 35.5. The summed E-state index contributed by atoms with van der Waals surface area (Å²) >= 11 is 5.84. The first kappa shape index (κ1) is 13.3. The number of rotatable bonds is 4. The van der Waals surface area contributed by atoms with Crippen molar-refractivity contribution in [3.8, 4) is 0 Å². The van der Waals surface area contributed by atoms with E-state index < -0.39 is 11.9 Å². The molecule has 0 atom stereocenters. The van der Waals surface area contributed by atoms with E-state index in [1.54, 1.807) is 12.1 Å². The molecule has 5 nitrogen and oxygen atoms in total. The van der Waals surface area contributed by atoms with Crippen LogP contribution in [-0.2, 0) is 14.3 Å². The van der Waals surface area contributed by atoms with Gasteiger partial charge in [-0.15, -0.1) is 0 Å². The summed E-state index contributed by atoms with van der Waals surface area (Å²) in [4.78, 5) is 22.3. The lowest BCUT2D eigenvalue weighted by molar-refractivity contribution is -0.138. The van der Waals surface area contributed by atoms with E-state index in [0.717, 1.165) is 0 Å². The SMILES string of the molecule is COC(=O)CNc1ccc(Cl)c(C(=O)OC)c1. The zero-order chi connectivity index (χ0) is 12.8. The highest BCUT2D eigenvalue weighted by Gasteiger charge is 2.11. The normalized spacial score (nSPS) is 9.59. The van der Waals surface area contributed by atoms with Crippen molar-refractivity contribution in [1.82, 2.24) is 0 Å². The smallest absolute Gasteiger partial charge is 0.339 e. The van der Waals surface area contributed by atoms with Crippen LogP contribution in [0.2, 0.25) is 5.02 Å². The summed E-state index contributed by atoms with van der Waals surface area (Å²) in [5.41, 5.74) is 0.823. The maximum Gasteiger partial charge on any atom is 0.339 e. The molecule has 1 rings (SSSR count). The molecule has 1 N–H and O–H groups in total. The predicted molar refractivity (Wildman–Crippen MR) is 63.3 cm³/mol. The summed E-state index contributed by atoms with van der Waals surface area (Å²) in [6, 6.07) is 4.71. The maximum absolute atomic E-state index is 11.4. The van der Waals surface area contributed by atoms with Gasteiger partial charge in [-0.25, -0.2) is 4.79 Å². The van der Waals surface area contributed by atoms with E-state index in [-0.39, 0.29) is 12.1 Å². The summed E-state index contributed by atoms with van der Waals surface area (Å²) in [5, 5.41) is 3.09. The first-order valence-electron chi connectivity index (χ1n) is 4.77. The summed E-state index contributed by atoms with van der Waals surface area (Å²) in [5.74, 6) is -0.934. The monoisotopic (exact) mass is 257 g/mol. The van der Waals surface area contributed by atoms with Crippen molar-refractivity contribution in [1.29, 1.82) is 0 Å². The second-order valence-corrected chi connectivity index (χ2v) is 3.52. The van der Waals surface area contributed by atoms with E-state index in [1.807, 2.05) is 0 Å². The fourth-order valence-corrected chi connectivity index (χ4v) is 1.34.